The summed E-state index contributed by atoms with van der Waals surface area (Å²) < 4.78 is 48.1. The van der Waals surface area contributed by atoms with Crippen molar-refractivity contribution in [3.05, 3.63) is 93.0 Å². The molecule has 4 heterocycles. The van der Waals surface area contributed by atoms with E-state index in [1.54, 1.807) is 48.5 Å². The quantitative estimate of drug-likeness (QED) is 0.0411. The smallest absolute Gasteiger partial charge is 0.172 e. The summed E-state index contributed by atoms with van der Waals surface area (Å²) in [5, 5.41) is 192. The largest absolute Gasteiger partial charge is 0.496 e. The molecule has 528 valence electrons. The number of rotatable bonds is 16. The number of fused-ring (bicyclic) bond motifs is 8. The van der Waals surface area contributed by atoms with Gasteiger partial charge in [0.15, 0.2) is 45.4 Å². The first kappa shape index (κ1) is 74.3. The first-order chi connectivity index (χ1) is 45.8. The summed E-state index contributed by atoms with van der Waals surface area (Å²) in [6.45, 7) is -2.83. The maximum Gasteiger partial charge on any atom is 0.172 e. The van der Waals surface area contributed by atoms with Crippen molar-refractivity contribution < 1.29 is 120 Å². The number of benzene rings is 4. The van der Waals surface area contributed by atoms with Crippen LogP contribution in [0.4, 0.5) is 22.7 Å². The van der Waals surface area contributed by atoms with Crippen LogP contribution in [0.25, 0.3) is 0 Å². The summed E-state index contributed by atoms with van der Waals surface area (Å²) in [6, 6.07) is 13.7. The van der Waals surface area contributed by atoms with E-state index < -0.39 is 149 Å². The number of anilines is 4. The predicted octanol–water partition coefficient (Wildman–Crippen LogP) is -5.26. The van der Waals surface area contributed by atoms with Crippen LogP contribution in [-0.2, 0) is 44.6 Å². The first-order valence-electron chi connectivity index (χ1n) is 30.1. The van der Waals surface area contributed by atoms with Gasteiger partial charge in [-0.15, -0.1) is 0 Å². The molecule has 4 aliphatic heterocycles. The standard InChI is InChI=1S/C60H80N8O24S4/c1-85-49-21-5-23-11-30(62-58(94)66-54-46(82)42(78)38(74)34(18-70)90-54)13-25(50(23)86-2)7-27-15-32(64-60(96)68-56-48(84)44(80)40(76)36(20-72)92-56)16-28(52(27)88-4)8-26-14-31(63-59(95)67-55-47(83)43(79)39(75)35(19-71)91-55)12-24(51(26)87-3)6-22(49)10-29(9-21)61-57(93)65-53-45(81)41(77)37(73)33(17-69)89-53/h9-16,33-48,53-56,69-84H,5-8,17-20H2,1-4H3,(H2,61,65,93)(H2,62,66,94)(H2,63,67,95)(H2,64,68,96)/t33-,34-,35-,36-,37-,38-,39-,40-,41+,42+,43+,44+,45-,46-,47-,48-,53-,54-,55-,56-/m1/s1. The van der Waals surface area contributed by atoms with Gasteiger partial charge in [0.05, 0.1) is 54.9 Å². The van der Waals surface area contributed by atoms with Crippen molar-refractivity contribution in [2.24, 2.45) is 0 Å². The summed E-state index contributed by atoms with van der Waals surface area (Å²) in [6.07, 6.45) is -31.4. The molecule has 20 atom stereocenters. The van der Waals surface area contributed by atoms with Gasteiger partial charge in [0.25, 0.3) is 0 Å². The second-order valence-electron chi connectivity index (χ2n) is 23.4. The Morgan fingerprint density at radius 2 is 0.479 bits per heavy atom. The van der Waals surface area contributed by atoms with Crippen LogP contribution in [0.15, 0.2) is 48.5 Å². The molecule has 32 nitrogen and oxygen atoms in total. The third-order valence-corrected chi connectivity index (χ3v) is 17.9. The second kappa shape index (κ2) is 32.4. The van der Waals surface area contributed by atoms with Crippen molar-refractivity contribution in [3.8, 4) is 23.0 Å². The number of aliphatic hydroxyl groups is 16. The topological polar surface area (TPSA) is 494 Å². The van der Waals surface area contributed by atoms with Crippen LogP contribution < -0.4 is 61.5 Å². The SMILES string of the molecule is COc1c2cc(NC(=S)N[C@@H]3O[C@H](CO)[C@@H](O)[C@H](O)[C@H]3O)cc1Cc1cc(NC(=S)N[C@@H]3O[C@H](CO)[C@@H](O)[C@H](O)[C@H]3O)cc(c1OC)Cc1cc(NC(=S)N[C@@H]3O[C@H](CO)[C@@H](O)[C@H](O)[C@H]3O)cc(c1OC)Cc1cc(NC(=S)N[C@@H]3O[C@H](CO)[C@@H](O)[C@H](O)[C@H]3O)cc(c1OC)C2. The van der Waals surface area contributed by atoms with Gasteiger partial charge >= 0.3 is 0 Å². The first-order valence-corrected chi connectivity index (χ1v) is 31.7. The average Bonchev–Trinajstić information content (AvgIpc) is 0.789. The van der Waals surface area contributed by atoms with Gasteiger partial charge in [-0.3, -0.25) is 0 Å². The van der Waals surface area contributed by atoms with Crippen LogP contribution in [0.3, 0.4) is 0 Å². The molecule has 0 spiro atoms. The number of methoxy groups -OCH3 is 4. The molecule has 0 unspecified atom stereocenters. The van der Waals surface area contributed by atoms with Gasteiger partial charge in [-0.25, -0.2) is 0 Å². The Hall–Kier alpha value is -5.96. The molecule has 0 saturated carbocycles. The molecule has 8 bridgehead atoms. The molecular formula is C60H80N8O24S4. The van der Waals surface area contributed by atoms with Crippen molar-refractivity contribution in [1.82, 2.24) is 21.3 Å². The van der Waals surface area contributed by atoms with Crippen LogP contribution in [-0.4, -0.2) is 280 Å². The Labute approximate surface area is 570 Å². The summed E-state index contributed by atoms with van der Waals surface area (Å²) in [7, 11) is 5.84. The second-order valence-corrected chi connectivity index (χ2v) is 25.0. The van der Waals surface area contributed by atoms with Crippen molar-refractivity contribution in [2.75, 3.05) is 76.1 Å². The van der Waals surface area contributed by atoms with Crippen molar-refractivity contribution in [3.63, 3.8) is 0 Å². The normalized spacial score (nSPS) is 31.1. The van der Waals surface area contributed by atoms with Gasteiger partial charge in [-0.1, -0.05) is 0 Å². The van der Waals surface area contributed by atoms with Gasteiger partial charge in [0.1, 0.15) is 121 Å². The number of hydrogen-bond acceptors (Lipinski definition) is 28. The molecule has 9 rings (SSSR count). The lowest BCUT2D eigenvalue weighted by Crippen LogP contribution is -2.63. The number of hydrogen-bond donors (Lipinski definition) is 24. The predicted molar refractivity (Wildman–Crippen MR) is 356 cm³/mol. The van der Waals surface area contributed by atoms with Crippen LogP contribution in [0.5, 0.6) is 23.0 Å². The number of thiocarbonyl (C=S) groups is 4. The molecule has 4 aromatic rings. The van der Waals surface area contributed by atoms with E-state index in [1.165, 1.54) is 28.4 Å². The van der Waals surface area contributed by atoms with E-state index >= 15 is 0 Å². The van der Waals surface area contributed by atoms with Crippen LogP contribution in [0.1, 0.15) is 44.5 Å². The van der Waals surface area contributed by atoms with Crippen molar-refractivity contribution in [1.29, 1.82) is 0 Å². The van der Waals surface area contributed by atoms with Gasteiger partial charge in [-0.05, 0) is 97.4 Å². The lowest BCUT2D eigenvalue weighted by atomic mass is 9.90. The molecule has 96 heavy (non-hydrogen) atoms. The zero-order valence-electron chi connectivity index (χ0n) is 51.9. The number of nitrogens with one attached hydrogen (secondary N) is 8. The molecule has 4 fully saturated rings. The maximum atomic E-state index is 11.0. The zero-order chi connectivity index (χ0) is 69.7. The fourth-order valence-corrected chi connectivity index (χ4v) is 13.2. The van der Waals surface area contributed by atoms with E-state index in [9.17, 15) is 81.7 Å². The lowest BCUT2D eigenvalue weighted by Gasteiger charge is -2.40. The van der Waals surface area contributed by atoms with Crippen molar-refractivity contribution >= 4 is 92.1 Å². The Kier molecular flexibility index (Phi) is 25.0. The highest BCUT2D eigenvalue weighted by molar-refractivity contribution is 7.81. The molecule has 1 aliphatic carbocycles. The molecule has 0 radical (unpaired) electrons. The van der Waals surface area contributed by atoms with Gasteiger partial charge in [-0.2, -0.15) is 0 Å². The minimum atomic E-state index is -1.74. The van der Waals surface area contributed by atoms with E-state index in [0.717, 1.165) is 0 Å². The van der Waals surface area contributed by atoms with Crippen LogP contribution in [0.2, 0.25) is 0 Å². The van der Waals surface area contributed by atoms with E-state index in [-0.39, 0.29) is 46.1 Å². The molecular weight excluding hydrogens is 1340 g/mol. The Morgan fingerprint density at radius 3 is 0.625 bits per heavy atom. The number of aliphatic hydroxyl groups excluding tert-OH is 16. The molecule has 5 aliphatic rings. The third-order valence-electron chi connectivity index (χ3n) is 17.0. The summed E-state index contributed by atoms with van der Waals surface area (Å²) in [5.74, 6) is 1.33. The minimum absolute atomic E-state index is 0.0269. The zero-order valence-corrected chi connectivity index (χ0v) is 55.1. The number of ether oxygens (including phenoxy) is 8. The fraction of sp³-hybridized carbons (Fsp3) is 0.533. The van der Waals surface area contributed by atoms with Gasteiger partial charge in [0.2, 0.25) is 0 Å². The molecule has 0 amide bonds. The molecule has 36 heteroatoms. The summed E-state index contributed by atoms with van der Waals surface area (Å²) in [5.41, 5.74) is 5.12. The van der Waals surface area contributed by atoms with Gasteiger partial charge < -0.3 is 162 Å². The summed E-state index contributed by atoms with van der Waals surface area (Å²) in [4.78, 5) is 0. The fourth-order valence-electron chi connectivity index (χ4n) is 12.3. The third kappa shape index (κ3) is 16.3. The molecule has 24 N–H and O–H groups in total. The highest BCUT2D eigenvalue weighted by Crippen LogP contribution is 2.43. The van der Waals surface area contributed by atoms with E-state index in [0.29, 0.717) is 90.3 Å². The highest BCUT2D eigenvalue weighted by atomic mass is 32.1. The van der Waals surface area contributed by atoms with Gasteiger partial charge in [0, 0.05) is 92.9 Å². The average molecular weight is 1430 g/mol. The highest BCUT2D eigenvalue weighted by Gasteiger charge is 2.47. The minimum Gasteiger partial charge on any atom is -0.496 e. The lowest BCUT2D eigenvalue weighted by molar-refractivity contribution is -0.232. The van der Waals surface area contributed by atoms with Crippen LogP contribution >= 0.6 is 48.9 Å². The molecule has 4 aromatic carbocycles. The summed E-state index contributed by atoms with van der Waals surface area (Å²) >= 11 is 23.1. The molecule has 0 aromatic heterocycles. The van der Waals surface area contributed by atoms with Crippen LogP contribution in [0, 0.1) is 0 Å². The van der Waals surface area contributed by atoms with E-state index in [1.807, 2.05) is 0 Å². The van der Waals surface area contributed by atoms with E-state index in [2.05, 4.69) is 42.5 Å². The Morgan fingerprint density at radius 1 is 0.312 bits per heavy atom. The van der Waals surface area contributed by atoms with E-state index in [4.69, 9.17) is 86.8 Å². The Bertz CT molecular complexity index is 2910. The monoisotopic (exact) mass is 1420 g/mol. The maximum absolute atomic E-state index is 11.0. The Balaban J connectivity index is 1.20. The van der Waals surface area contributed by atoms with Crippen molar-refractivity contribution in [2.45, 2.75) is 148 Å². The molecule has 4 saturated heterocycles.